The van der Waals surface area contributed by atoms with Gasteiger partial charge in [0, 0.05) is 11.6 Å². The number of phenolic OH excluding ortho intramolecular Hbond substituents is 3. The third-order valence-electron chi connectivity index (χ3n) is 7.35. The van der Waals surface area contributed by atoms with Crippen LogP contribution in [0.1, 0.15) is 0 Å². The normalized spacial score (nSPS) is 32.5. The SMILES string of the molecule is O=c1cc(-c2ccc(O)cc2)oc2c(O[C@@H]3O[C@H](CO)[C@H](O)[C@@H](O)[C@H]3O)c(O)c(O[C@@H]3O[C@H](CO)[C@@H](O)[C@@H](O)[C@H]3O)c(O)c12. The molecule has 3 heterocycles. The van der Waals surface area contributed by atoms with Gasteiger partial charge in [-0.05, 0) is 24.3 Å². The molecule has 1 aromatic heterocycles. The third-order valence-corrected chi connectivity index (χ3v) is 7.35. The minimum atomic E-state index is -2.01. The van der Waals surface area contributed by atoms with Gasteiger partial charge in [0.25, 0.3) is 0 Å². The van der Waals surface area contributed by atoms with Crippen molar-refractivity contribution in [2.45, 2.75) is 61.4 Å². The van der Waals surface area contributed by atoms with Crippen molar-refractivity contribution in [1.82, 2.24) is 0 Å². The Morgan fingerprint density at radius 1 is 0.659 bits per heavy atom. The summed E-state index contributed by atoms with van der Waals surface area (Å²) in [5.74, 6) is -4.28. The molecule has 2 aromatic carbocycles. The Morgan fingerprint density at radius 3 is 1.66 bits per heavy atom. The molecule has 2 aliphatic heterocycles. The predicted octanol–water partition coefficient (Wildman–Crippen LogP) is -3.07. The van der Waals surface area contributed by atoms with Crippen LogP contribution in [0.15, 0.2) is 39.5 Å². The van der Waals surface area contributed by atoms with Gasteiger partial charge in [-0.2, -0.15) is 0 Å². The molecule has 11 N–H and O–H groups in total. The van der Waals surface area contributed by atoms with Gasteiger partial charge in [-0.3, -0.25) is 4.79 Å². The van der Waals surface area contributed by atoms with Gasteiger partial charge >= 0.3 is 0 Å². The van der Waals surface area contributed by atoms with E-state index in [1.807, 2.05) is 0 Å². The van der Waals surface area contributed by atoms with Gasteiger partial charge in [-0.25, -0.2) is 0 Å². The number of hydrogen-bond acceptors (Lipinski definition) is 17. The highest BCUT2D eigenvalue weighted by Gasteiger charge is 2.47. The van der Waals surface area contributed by atoms with Gasteiger partial charge in [0.15, 0.2) is 16.8 Å². The number of phenols is 3. The van der Waals surface area contributed by atoms with Crippen molar-refractivity contribution < 1.29 is 79.5 Å². The lowest BCUT2D eigenvalue weighted by Crippen LogP contribution is -2.60. The van der Waals surface area contributed by atoms with E-state index in [0.29, 0.717) is 0 Å². The molecule has 0 amide bonds. The molecule has 17 nitrogen and oxygen atoms in total. The average molecular weight is 627 g/mol. The van der Waals surface area contributed by atoms with Crippen LogP contribution in [0.25, 0.3) is 22.3 Å². The molecule has 5 rings (SSSR count). The van der Waals surface area contributed by atoms with E-state index in [9.17, 15) is 61.0 Å². The van der Waals surface area contributed by atoms with Crippen LogP contribution in [-0.4, -0.2) is 131 Å². The fourth-order valence-corrected chi connectivity index (χ4v) is 4.86. The van der Waals surface area contributed by atoms with Crippen LogP contribution < -0.4 is 14.9 Å². The summed E-state index contributed by atoms with van der Waals surface area (Å²) in [6, 6.07) is 6.29. The van der Waals surface area contributed by atoms with Gasteiger partial charge in [0.1, 0.15) is 65.7 Å². The fraction of sp³-hybridized carbons (Fsp3) is 0.444. The van der Waals surface area contributed by atoms with Crippen molar-refractivity contribution in [1.29, 1.82) is 0 Å². The first-order valence-electron chi connectivity index (χ1n) is 13.2. The maximum atomic E-state index is 13.3. The number of aliphatic hydroxyl groups excluding tert-OH is 8. The van der Waals surface area contributed by atoms with Crippen molar-refractivity contribution in [2.24, 2.45) is 0 Å². The Hall–Kier alpha value is -3.75. The van der Waals surface area contributed by atoms with Gasteiger partial charge in [-0.1, -0.05) is 0 Å². The number of ether oxygens (including phenoxy) is 4. The van der Waals surface area contributed by atoms with Crippen LogP contribution in [0, 0.1) is 0 Å². The lowest BCUT2D eigenvalue weighted by atomic mass is 9.99. The molecule has 3 aromatic rings. The number of rotatable bonds is 7. The second kappa shape index (κ2) is 12.3. The zero-order chi connectivity index (χ0) is 32.0. The minimum absolute atomic E-state index is 0.103. The maximum Gasteiger partial charge on any atom is 0.229 e. The first-order valence-corrected chi connectivity index (χ1v) is 13.2. The highest BCUT2D eigenvalue weighted by molar-refractivity contribution is 5.95. The van der Waals surface area contributed by atoms with E-state index in [4.69, 9.17) is 23.4 Å². The Morgan fingerprint density at radius 2 is 1.16 bits per heavy atom. The van der Waals surface area contributed by atoms with E-state index in [2.05, 4.69) is 0 Å². The van der Waals surface area contributed by atoms with Crippen LogP contribution in [0.3, 0.4) is 0 Å². The quantitative estimate of drug-likeness (QED) is 0.124. The summed E-state index contributed by atoms with van der Waals surface area (Å²) in [4.78, 5) is 13.3. The molecular formula is C27H30O17. The van der Waals surface area contributed by atoms with Crippen LogP contribution in [0.5, 0.6) is 28.7 Å². The first-order chi connectivity index (χ1) is 20.9. The lowest BCUT2D eigenvalue weighted by Gasteiger charge is -2.40. The molecule has 44 heavy (non-hydrogen) atoms. The van der Waals surface area contributed by atoms with Crippen molar-refractivity contribution in [3.05, 3.63) is 40.6 Å². The molecule has 10 atom stereocenters. The molecule has 0 saturated carbocycles. The monoisotopic (exact) mass is 626 g/mol. The van der Waals surface area contributed by atoms with Crippen LogP contribution in [0.4, 0.5) is 0 Å². The molecule has 0 aliphatic carbocycles. The smallest absolute Gasteiger partial charge is 0.229 e. The summed E-state index contributed by atoms with van der Waals surface area (Å²) in [6.07, 6.45) is -18.2. The van der Waals surface area contributed by atoms with Crippen molar-refractivity contribution >= 4 is 11.0 Å². The standard InChI is InChI=1S/C27H30O17/c28-6-12-15(32)18(35)20(37)26(41-12)43-24-17(34)14-10(31)5-11(8-1-3-9(30)4-2-8)40-23(14)25(22(24)39)44-27-21(38)19(36)16(33)13(7-29)42-27/h1-5,12-13,15-16,18-21,26-30,32-39H,6-7H2/t12-,13-,15-,16+,18-,19-,20-,21-,26+,27+/m1/s1. The topological polar surface area (TPSA) is 290 Å². The molecule has 0 unspecified atom stereocenters. The van der Waals surface area contributed by atoms with Crippen molar-refractivity contribution in [2.75, 3.05) is 13.2 Å². The molecule has 0 bridgehead atoms. The van der Waals surface area contributed by atoms with Crippen molar-refractivity contribution in [3.63, 3.8) is 0 Å². The third kappa shape index (κ3) is 5.50. The number of fused-ring (bicyclic) bond motifs is 1. The first kappa shape index (κ1) is 31.7. The zero-order valence-electron chi connectivity index (χ0n) is 22.4. The second-order valence-corrected chi connectivity index (χ2v) is 10.2. The van der Waals surface area contributed by atoms with E-state index in [-0.39, 0.29) is 17.1 Å². The Bertz CT molecular complexity index is 1540. The molecular weight excluding hydrogens is 596 g/mol. The lowest BCUT2D eigenvalue weighted by molar-refractivity contribution is -0.279. The molecule has 2 fully saturated rings. The predicted molar refractivity (Wildman–Crippen MR) is 142 cm³/mol. The summed E-state index contributed by atoms with van der Waals surface area (Å²) in [6.45, 7) is -1.67. The van der Waals surface area contributed by atoms with Gasteiger partial charge in [0.2, 0.25) is 29.8 Å². The van der Waals surface area contributed by atoms with Crippen molar-refractivity contribution in [3.8, 4) is 40.1 Å². The molecule has 0 radical (unpaired) electrons. The number of hydrogen-bond donors (Lipinski definition) is 11. The number of aromatic hydroxyl groups is 3. The Labute approximate surface area is 246 Å². The van der Waals surface area contributed by atoms with Gasteiger partial charge in [0.05, 0.1) is 13.2 Å². The Balaban J connectivity index is 1.67. The van der Waals surface area contributed by atoms with Crippen LogP contribution in [-0.2, 0) is 9.47 Å². The fourth-order valence-electron chi connectivity index (χ4n) is 4.86. The van der Waals surface area contributed by atoms with E-state index < -0.39 is 114 Å². The van der Waals surface area contributed by atoms with Crippen LogP contribution >= 0.6 is 0 Å². The molecule has 240 valence electrons. The molecule has 2 aliphatic rings. The zero-order valence-corrected chi connectivity index (χ0v) is 22.4. The summed E-state index contributed by atoms with van der Waals surface area (Å²) < 4.78 is 27.5. The van der Waals surface area contributed by atoms with Gasteiger partial charge in [-0.15, -0.1) is 0 Å². The number of benzene rings is 2. The molecule has 0 spiro atoms. The maximum absolute atomic E-state index is 13.3. The highest BCUT2D eigenvalue weighted by Crippen LogP contribution is 2.51. The van der Waals surface area contributed by atoms with E-state index in [0.717, 1.165) is 6.07 Å². The van der Waals surface area contributed by atoms with E-state index in [1.165, 1.54) is 24.3 Å². The Kier molecular flexibility index (Phi) is 8.87. The minimum Gasteiger partial charge on any atom is -0.508 e. The molecule has 17 heteroatoms. The summed E-state index contributed by atoms with van der Waals surface area (Å²) in [7, 11) is 0. The average Bonchev–Trinajstić information content (AvgIpc) is 3.01. The van der Waals surface area contributed by atoms with Crippen LogP contribution in [0.2, 0.25) is 0 Å². The summed E-state index contributed by atoms with van der Waals surface area (Å²) in [5.41, 5.74) is -1.33. The number of aliphatic hydroxyl groups is 8. The summed E-state index contributed by atoms with van der Waals surface area (Å²) in [5, 5.41) is 112. The van der Waals surface area contributed by atoms with Gasteiger partial charge < -0.3 is 79.5 Å². The van der Waals surface area contributed by atoms with E-state index >= 15 is 0 Å². The highest BCUT2D eigenvalue weighted by atomic mass is 16.7. The summed E-state index contributed by atoms with van der Waals surface area (Å²) >= 11 is 0. The molecule has 2 saturated heterocycles. The van der Waals surface area contributed by atoms with E-state index in [1.54, 1.807) is 0 Å². The largest absolute Gasteiger partial charge is 0.508 e. The second-order valence-electron chi connectivity index (χ2n) is 10.2.